The summed E-state index contributed by atoms with van der Waals surface area (Å²) in [7, 11) is 3.30. The number of aromatic nitrogens is 2. The topological polar surface area (TPSA) is 89.6 Å². The average molecular weight is 432 g/mol. The van der Waals surface area contributed by atoms with Gasteiger partial charge in [0, 0.05) is 20.6 Å². The molecule has 0 saturated heterocycles. The lowest BCUT2D eigenvalue weighted by Crippen LogP contribution is -2.26. The lowest BCUT2D eigenvalue weighted by molar-refractivity contribution is 0.0816. The number of hydrogen-bond donors (Lipinski definition) is 1. The van der Waals surface area contributed by atoms with Crippen molar-refractivity contribution in [2.24, 2.45) is 0 Å². The zero-order valence-corrected chi connectivity index (χ0v) is 18.2. The molecule has 4 rings (SSSR count). The van der Waals surface area contributed by atoms with Gasteiger partial charge in [0.05, 0.1) is 11.9 Å². The summed E-state index contributed by atoms with van der Waals surface area (Å²) in [6.45, 7) is 2.56. The molecule has 2 aromatic heterocycles. The highest BCUT2D eigenvalue weighted by Gasteiger charge is 2.22. The van der Waals surface area contributed by atoms with E-state index in [1.807, 2.05) is 49.4 Å². The van der Waals surface area contributed by atoms with Gasteiger partial charge in [-0.1, -0.05) is 30.3 Å². The Balaban J connectivity index is 1.44. The van der Waals surface area contributed by atoms with Crippen LogP contribution in [0.25, 0.3) is 10.8 Å². The van der Waals surface area contributed by atoms with Gasteiger partial charge in [-0.05, 0) is 42.0 Å². The fraction of sp³-hybridized carbons (Fsp3) is 0.208. The number of anilines is 1. The Bertz CT molecular complexity index is 1270. The van der Waals surface area contributed by atoms with Gasteiger partial charge in [0.1, 0.15) is 23.8 Å². The molecule has 0 bridgehead atoms. The van der Waals surface area contributed by atoms with E-state index in [1.165, 1.54) is 11.1 Å². The summed E-state index contributed by atoms with van der Waals surface area (Å²) in [5.41, 5.74) is 0.651. The van der Waals surface area contributed by atoms with E-state index in [0.717, 1.165) is 10.8 Å². The number of hydrogen-bond acceptors (Lipinski definition) is 5. The van der Waals surface area contributed by atoms with Gasteiger partial charge in [-0.3, -0.25) is 14.3 Å². The van der Waals surface area contributed by atoms with Crippen LogP contribution in [0.3, 0.4) is 0 Å². The maximum Gasteiger partial charge on any atom is 0.291 e. The SMILES string of the molecule is CCn1ncc(NC(=O)c2ccc(COc3ccc4ccccc4c3)o2)c1C(=O)N(C)C. The number of rotatable bonds is 7. The first-order valence-electron chi connectivity index (χ1n) is 10.3. The third-order valence-electron chi connectivity index (χ3n) is 4.98. The van der Waals surface area contributed by atoms with Crippen LogP contribution in [0.2, 0.25) is 0 Å². The molecule has 0 fully saturated rings. The van der Waals surface area contributed by atoms with Gasteiger partial charge in [-0.15, -0.1) is 0 Å². The number of nitrogens with zero attached hydrogens (tertiary/aromatic N) is 3. The van der Waals surface area contributed by atoms with E-state index < -0.39 is 5.91 Å². The predicted octanol–water partition coefficient (Wildman–Crippen LogP) is 4.18. The van der Waals surface area contributed by atoms with Crippen molar-refractivity contribution < 1.29 is 18.7 Å². The molecule has 0 atom stereocenters. The van der Waals surface area contributed by atoms with Gasteiger partial charge >= 0.3 is 0 Å². The Hall–Kier alpha value is -4.07. The van der Waals surface area contributed by atoms with E-state index in [2.05, 4.69) is 10.4 Å². The minimum absolute atomic E-state index is 0.120. The lowest BCUT2D eigenvalue weighted by Gasteiger charge is -2.13. The number of benzene rings is 2. The van der Waals surface area contributed by atoms with Crippen molar-refractivity contribution in [2.45, 2.75) is 20.1 Å². The molecule has 2 heterocycles. The van der Waals surface area contributed by atoms with E-state index in [9.17, 15) is 9.59 Å². The number of carbonyl (C=O) groups is 2. The number of ether oxygens (including phenoxy) is 1. The van der Waals surface area contributed by atoms with Crippen molar-refractivity contribution in [1.29, 1.82) is 0 Å². The fourth-order valence-corrected chi connectivity index (χ4v) is 3.33. The summed E-state index contributed by atoms with van der Waals surface area (Å²) in [4.78, 5) is 26.6. The van der Waals surface area contributed by atoms with E-state index in [-0.39, 0.29) is 18.3 Å². The number of carbonyl (C=O) groups excluding carboxylic acids is 2. The molecule has 0 spiro atoms. The van der Waals surface area contributed by atoms with Crippen LogP contribution >= 0.6 is 0 Å². The zero-order chi connectivity index (χ0) is 22.7. The van der Waals surface area contributed by atoms with Crippen molar-refractivity contribution in [1.82, 2.24) is 14.7 Å². The van der Waals surface area contributed by atoms with Crippen LogP contribution in [0.4, 0.5) is 5.69 Å². The summed E-state index contributed by atoms with van der Waals surface area (Å²) in [6, 6.07) is 17.1. The Morgan fingerprint density at radius 1 is 1.09 bits per heavy atom. The first-order valence-corrected chi connectivity index (χ1v) is 10.3. The standard InChI is InChI=1S/C24H24N4O4/c1-4-28-22(24(30)27(2)3)20(14-25-28)26-23(29)21-12-11-19(32-21)15-31-18-10-9-16-7-5-6-8-17(16)13-18/h5-14H,4,15H2,1-3H3,(H,26,29). The highest BCUT2D eigenvalue weighted by molar-refractivity contribution is 6.07. The summed E-state index contributed by atoms with van der Waals surface area (Å²) in [5, 5.41) is 9.12. The molecule has 0 aliphatic rings. The van der Waals surface area contributed by atoms with Gasteiger partial charge in [-0.25, -0.2) is 0 Å². The zero-order valence-electron chi connectivity index (χ0n) is 18.2. The Morgan fingerprint density at radius 3 is 2.62 bits per heavy atom. The molecule has 1 N–H and O–H groups in total. The van der Waals surface area contributed by atoms with Crippen LogP contribution in [0.15, 0.2) is 65.2 Å². The number of amides is 2. The molecule has 8 nitrogen and oxygen atoms in total. The fourth-order valence-electron chi connectivity index (χ4n) is 3.33. The van der Waals surface area contributed by atoms with Crippen LogP contribution in [0, 0.1) is 0 Å². The first kappa shape index (κ1) is 21.2. The third kappa shape index (κ3) is 4.34. The third-order valence-corrected chi connectivity index (χ3v) is 4.98. The molecule has 0 saturated carbocycles. The molecular weight excluding hydrogens is 408 g/mol. The normalized spacial score (nSPS) is 10.8. The van der Waals surface area contributed by atoms with Crippen LogP contribution in [0.1, 0.15) is 33.7 Å². The number of nitrogens with one attached hydrogen (secondary N) is 1. The van der Waals surface area contributed by atoms with Crippen molar-refractivity contribution in [3.63, 3.8) is 0 Å². The summed E-state index contributed by atoms with van der Waals surface area (Å²) in [5.74, 6) is 0.630. The van der Waals surface area contributed by atoms with Crippen molar-refractivity contribution in [3.8, 4) is 5.75 Å². The Labute approximate surface area is 185 Å². The highest BCUT2D eigenvalue weighted by atomic mass is 16.5. The molecule has 2 amide bonds. The van der Waals surface area contributed by atoms with Crippen LogP contribution in [0.5, 0.6) is 5.75 Å². The molecule has 4 aromatic rings. The molecule has 32 heavy (non-hydrogen) atoms. The van der Waals surface area contributed by atoms with E-state index in [4.69, 9.17) is 9.15 Å². The van der Waals surface area contributed by atoms with Gasteiger partial charge in [0.25, 0.3) is 11.8 Å². The number of aryl methyl sites for hydroxylation is 1. The second-order valence-electron chi connectivity index (χ2n) is 7.44. The van der Waals surface area contributed by atoms with Crippen molar-refractivity contribution >= 4 is 28.3 Å². The second kappa shape index (κ2) is 8.97. The molecule has 0 aliphatic carbocycles. The average Bonchev–Trinajstić information content (AvgIpc) is 3.44. The van der Waals surface area contributed by atoms with E-state index >= 15 is 0 Å². The van der Waals surface area contributed by atoms with Gasteiger partial charge < -0.3 is 19.4 Å². The summed E-state index contributed by atoms with van der Waals surface area (Å²) in [6.07, 6.45) is 1.46. The minimum Gasteiger partial charge on any atom is -0.486 e. The molecule has 2 aromatic carbocycles. The van der Waals surface area contributed by atoms with E-state index in [0.29, 0.717) is 29.4 Å². The molecule has 0 unspecified atom stereocenters. The molecule has 0 radical (unpaired) electrons. The monoisotopic (exact) mass is 432 g/mol. The Kier molecular flexibility index (Phi) is 5.93. The van der Waals surface area contributed by atoms with Gasteiger partial charge in [0.2, 0.25) is 0 Å². The Morgan fingerprint density at radius 2 is 1.88 bits per heavy atom. The molecular formula is C24H24N4O4. The smallest absolute Gasteiger partial charge is 0.291 e. The molecule has 0 aliphatic heterocycles. The molecule has 164 valence electrons. The van der Waals surface area contributed by atoms with Crippen molar-refractivity contribution in [3.05, 3.63) is 78.0 Å². The lowest BCUT2D eigenvalue weighted by atomic mass is 10.1. The van der Waals surface area contributed by atoms with Crippen LogP contribution < -0.4 is 10.1 Å². The maximum atomic E-state index is 12.7. The van der Waals surface area contributed by atoms with Crippen molar-refractivity contribution in [2.75, 3.05) is 19.4 Å². The summed E-state index contributed by atoms with van der Waals surface area (Å²) >= 11 is 0. The second-order valence-corrected chi connectivity index (χ2v) is 7.44. The first-order chi connectivity index (χ1) is 15.5. The maximum absolute atomic E-state index is 12.7. The van der Waals surface area contributed by atoms with Crippen LogP contribution in [-0.4, -0.2) is 40.6 Å². The number of furan rings is 1. The largest absolute Gasteiger partial charge is 0.486 e. The van der Waals surface area contributed by atoms with Gasteiger partial charge in [0.15, 0.2) is 5.76 Å². The number of fused-ring (bicyclic) bond motifs is 1. The summed E-state index contributed by atoms with van der Waals surface area (Å²) < 4.78 is 13.0. The highest BCUT2D eigenvalue weighted by Crippen LogP contribution is 2.22. The minimum atomic E-state index is -0.467. The predicted molar refractivity (Wildman–Crippen MR) is 121 cm³/mol. The van der Waals surface area contributed by atoms with E-state index in [1.54, 1.807) is 30.9 Å². The molecule has 8 heteroatoms. The van der Waals surface area contributed by atoms with Gasteiger partial charge in [-0.2, -0.15) is 5.10 Å². The quantitative estimate of drug-likeness (QED) is 0.473. The van der Waals surface area contributed by atoms with Crippen LogP contribution in [-0.2, 0) is 13.2 Å².